The lowest BCUT2D eigenvalue weighted by molar-refractivity contribution is 0.254. The fourth-order valence-electron chi connectivity index (χ4n) is 4.36. The Morgan fingerprint density at radius 2 is 1.97 bits per heavy atom. The van der Waals surface area contributed by atoms with Gasteiger partial charge in [-0.2, -0.15) is 0 Å². The van der Waals surface area contributed by atoms with Crippen LogP contribution in [0.2, 0.25) is 0 Å². The maximum atomic E-state index is 5.92. The Morgan fingerprint density at radius 3 is 2.72 bits per heavy atom. The number of benzene rings is 2. The molecule has 2 aliphatic rings. The van der Waals surface area contributed by atoms with Crippen LogP contribution in [0.5, 0.6) is 17.2 Å². The molecule has 7 nitrogen and oxygen atoms in total. The van der Waals surface area contributed by atoms with Crippen molar-refractivity contribution in [2.75, 3.05) is 39.3 Å². The van der Waals surface area contributed by atoms with Gasteiger partial charge in [-0.3, -0.25) is 4.99 Å². The summed E-state index contributed by atoms with van der Waals surface area (Å²) in [6, 6.07) is 12.6. The molecule has 32 heavy (non-hydrogen) atoms. The second-order valence-electron chi connectivity index (χ2n) is 8.08. The Balaban J connectivity index is 0.00000289. The normalized spacial score (nSPS) is 19.6. The van der Waals surface area contributed by atoms with Crippen LogP contribution in [0.15, 0.2) is 41.4 Å². The molecule has 174 valence electrons. The lowest BCUT2D eigenvalue weighted by Crippen LogP contribution is -2.44. The second kappa shape index (κ2) is 11.0. The number of para-hydroxylation sites is 2. The number of ether oxygens (including phenoxy) is 3. The lowest BCUT2D eigenvalue weighted by Gasteiger charge is -2.22. The molecule has 2 aromatic rings. The summed E-state index contributed by atoms with van der Waals surface area (Å²) in [4.78, 5) is 6.77. The third-order valence-corrected chi connectivity index (χ3v) is 5.92. The van der Waals surface area contributed by atoms with Crippen LogP contribution in [-0.2, 0) is 13.0 Å². The number of rotatable bonds is 6. The van der Waals surface area contributed by atoms with Crippen LogP contribution in [0.1, 0.15) is 24.5 Å². The quantitative estimate of drug-likeness (QED) is 0.325. The van der Waals surface area contributed by atoms with Gasteiger partial charge in [-0.1, -0.05) is 12.1 Å². The van der Waals surface area contributed by atoms with Gasteiger partial charge >= 0.3 is 0 Å². The van der Waals surface area contributed by atoms with Crippen molar-refractivity contribution in [3.8, 4) is 17.2 Å². The van der Waals surface area contributed by atoms with Crippen molar-refractivity contribution in [2.24, 2.45) is 4.99 Å². The van der Waals surface area contributed by atoms with Crippen LogP contribution >= 0.6 is 24.0 Å². The molecule has 2 atom stereocenters. The topological polar surface area (TPSA) is 67.4 Å². The highest BCUT2D eigenvalue weighted by Crippen LogP contribution is 2.35. The number of nitrogens with zero attached hydrogens (tertiary/aromatic N) is 2. The summed E-state index contributed by atoms with van der Waals surface area (Å²) in [6.07, 6.45) is 2.17. The van der Waals surface area contributed by atoms with Crippen molar-refractivity contribution in [3.05, 3.63) is 47.5 Å². The molecule has 0 aromatic heterocycles. The Kier molecular flexibility index (Phi) is 8.33. The number of guanidine groups is 1. The second-order valence-corrected chi connectivity index (χ2v) is 8.08. The van der Waals surface area contributed by atoms with Gasteiger partial charge < -0.3 is 29.7 Å². The minimum atomic E-state index is 0. The van der Waals surface area contributed by atoms with E-state index < -0.39 is 0 Å². The molecule has 0 spiro atoms. The molecule has 0 aliphatic carbocycles. The van der Waals surface area contributed by atoms with E-state index in [2.05, 4.69) is 45.6 Å². The summed E-state index contributed by atoms with van der Waals surface area (Å²) < 4.78 is 17.1. The summed E-state index contributed by atoms with van der Waals surface area (Å²) in [6.45, 7) is 4.57. The zero-order valence-electron chi connectivity index (χ0n) is 19.2. The van der Waals surface area contributed by atoms with Gasteiger partial charge in [-0.05, 0) is 37.6 Å². The zero-order chi connectivity index (χ0) is 21.8. The van der Waals surface area contributed by atoms with Gasteiger partial charge in [0.25, 0.3) is 0 Å². The molecule has 2 heterocycles. The third kappa shape index (κ3) is 5.33. The minimum Gasteiger partial charge on any atom is -0.496 e. The van der Waals surface area contributed by atoms with E-state index in [1.807, 2.05) is 18.2 Å². The summed E-state index contributed by atoms with van der Waals surface area (Å²) >= 11 is 0. The van der Waals surface area contributed by atoms with E-state index in [0.29, 0.717) is 12.6 Å². The molecule has 2 aliphatic heterocycles. The molecule has 2 N–H and O–H groups in total. The number of nitrogens with one attached hydrogen (secondary N) is 2. The summed E-state index contributed by atoms with van der Waals surface area (Å²) in [5.74, 6) is 3.52. The van der Waals surface area contributed by atoms with Crippen molar-refractivity contribution >= 4 is 35.6 Å². The van der Waals surface area contributed by atoms with Crippen molar-refractivity contribution in [1.29, 1.82) is 0 Å². The van der Waals surface area contributed by atoms with E-state index in [-0.39, 0.29) is 30.1 Å². The van der Waals surface area contributed by atoms with Gasteiger partial charge in [0.2, 0.25) is 0 Å². The highest BCUT2D eigenvalue weighted by molar-refractivity contribution is 14.0. The molecule has 8 heteroatoms. The number of halogens is 1. The van der Waals surface area contributed by atoms with Gasteiger partial charge in [0.05, 0.1) is 19.9 Å². The number of hydrogen-bond acceptors (Lipinski definition) is 5. The van der Waals surface area contributed by atoms with Gasteiger partial charge in [-0.15, -0.1) is 24.0 Å². The van der Waals surface area contributed by atoms with Crippen molar-refractivity contribution in [1.82, 2.24) is 10.6 Å². The van der Waals surface area contributed by atoms with Crippen molar-refractivity contribution in [3.63, 3.8) is 0 Å². The fraction of sp³-hybridized carbons (Fsp3) is 0.458. The van der Waals surface area contributed by atoms with E-state index in [4.69, 9.17) is 14.2 Å². The standard InChI is InChI=1S/C24H32N4O3.HI/c1-16-11-17-12-22(30-4)18(13-23(17)31-16)14-26-24(25-2)27-19-9-10-28(15-19)20-7-5-6-8-21(20)29-3;/h5-8,12-13,16,19H,9-11,14-15H2,1-4H3,(H2,25,26,27);1H. The van der Waals surface area contributed by atoms with Gasteiger partial charge in [0.15, 0.2) is 5.96 Å². The van der Waals surface area contributed by atoms with Crippen LogP contribution in [0.25, 0.3) is 0 Å². The maximum absolute atomic E-state index is 5.92. The molecule has 0 saturated carbocycles. The van der Waals surface area contributed by atoms with E-state index in [1.54, 1.807) is 21.3 Å². The molecule has 1 saturated heterocycles. The Labute approximate surface area is 207 Å². The number of hydrogen-bond donors (Lipinski definition) is 2. The molecule has 0 bridgehead atoms. The number of methoxy groups -OCH3 is 2. The first-order valence-electron chi connectivity index (χ1n) is 10.8. The summed E-state index contributed by atoms with van der Waals surface area (Å²) in [5, 5.41) is 6.98. The highest BCUT2D eigenvalue weighted by Gasteiger charge is 2.26. The first kappa shape index (κ1) is 24.3. The van der Waals surface area contributed by atoms with Crippen LogP contribution < -0.4 is 29.7 Å². The van der Waals surface area contributed by atoms with Crippen LogP contribution in [0, 0.1) is 0 Å². The SMILES string of the molecule is CN=C(NCc1cc2c(cc1OC)CC(C)O2)NC1CCN(c2ccccc2OC)C1.I. The van der Waals surface area contributed by atoms with Gasteiger partial charge in [0.1, 0.15) is 23.4 Å². The largest absolute Gasteiger partial charge is 0.496 e. The molecule has 4 rings (SSSR count). The Hall–Kier alpha value is -2.36. The lowest BCUT2D eigenvalue weighted by atomic mass is 10.1. The number of fused-ring (bicyclic) bond motifs is 1. The van der Waals surface area contributed by atoms with Crippen LogP contribution in [0.4, 0.5) is 5.69 Å². The average Bonchev–Trinajstić information content (AvgIpc) is 3.40. The fourth-order valence-corrected chi connectivity index (χ4v) is 4.36. The zero-order valence-corrected chi connectivity index (χ0v) is 21.5. The minimum absolute atomic E-state index is 0. The maximum Gasteiger partial charge on any atom is 0.191 e. The van der Waals surface area contributed by atoms with Gasteiger partial charge in [-0.25, -0.2) is 0 Å². The number of aliphatic imine (C=N–C) groups is 1. The predicted octanol–water partition coefficient (Wildman–Crippen LogP) is 3.59. The van der Waals surface area contributed by atoms with E-state index in [0.717, 1.165) is 60.4 Å². The van der Waals surface area contributed by atoms with Crippen molar-refractivity contribution < 1.29 is 14.2 Å². The molecular formula is C24H33IN4O3. The molecule has 1 fully saturated rings. The van der Waals surface area contributed by atoms with Gasteiger partial charge in [0, 0.05) is 50.3 Å². The van der Waals surface area contributed by atoms with E-state index in [1.165, 1.54) is 5.56 Å². The Bertz CT molecular complexity index is 953. The molecular weight excluding hydrogens is 519 g/mol. The molecule has 0 radical (unpaired) electrons. The molecule has 0 amide bonds. The highest BCUT2D eigenvalue weighted by atomic mass is 127. The van der Waals surface area contributed by atoms with Crippen molar-refractivity contribution in [2.45, 2.75) is 38.5 Å². The monoisotopic (exact) mass is 552 g/mol. The summed E-state index contributed by atoms with van der Waals surface area (Å²) in [7, 11) is 5.23. The van der Waals surface area contributed by atoms with E-state index in [9.17, 15) is 0 Å². The smallest absolute Gasteiger partial charge is 0.191 e. The first-order chi connectivity index (χ1) is 15.1. The third-order valence-electron chi connectivity index (χ3n) is 5.92. The average molecular weight is 552 g/mol. The van der Waals surface area contributed by atoms with E-state index >= 15 is 0 Å². The molecule has 2 unspecified atom stereocenters. The number of anilines is 1. The Morgan fingerprint density at radius 1 is 1.19 bits per heavy atom. The summed E-state index contributed by atoms with van der Waals surface area (Å²) in [5.41, 5.74) is 3.40. The first-order valence-corrected chi connectivity index (χ1v) is 10.8. The molecule has 2 aromatic carbocycles. The predicted molar refractivity (Wildman–Crippen MR) is 139 cm³/mol. The van der Waals surface area contributed by atoms with Crippen LogP contribution in [0.3, 0.4) is 0 Å². The van der Waals surface area contributed by atoms with Crippen LogP contribution in [-0.4, -0.2) is 52.5 Å².